The van der Waals surface area contributed by atoms with E-state index in [1.807, 2.05) is 30.3 Å². The molecular weight excluding hydrogens is 215 g/mol. The van der Waals surface area contributed by atoms with Crippen LogP contribution in [0.1, 0.15) is 11.7 Å². The van der Waals surface area contributed by atoms with Gasteiger partial charge in [0.25, 0.3) is 0 Å². The Morgan fingerprint density at radius 2 is 1.65 bits per heavy atom. The summed E-state index contributed by atoms with van der Waals surface area (Å²) in [4.78, 5) is 0. The van der Waals surface area contributed by atoms with Crippen LogP contribution >= 0.6 is 0 Å². The lowest BCUT2D eigenvalue weighted by Crippen LogP contribution is -2.04. The molecule has 2 heteroatoms. The second-order valence-electron chi connectivity index (χ2n) is 3.53. The molecule has 0 aliphatic rings. The van der Waals surface area contributed by atoms with E-state index < -0.39 is 6.10 Å². The van der Waals surface area contributed by atoms with Gasteiger partial charge in [-0.25, -0.2) is 4.39 Å². The number of halogens is 1. The van der Waals surface area contributed by atoms with E-state index in [9.17, 15) is 4.39 Å². The summed E-state index contributed by atoms with van der Waals surface area (Å²) in [7, 11) is 0. The molecule has 0 amide bonds. The number of hydrogen-bond acceptors (Lipinski definition) is 1. The Labute approximate surface area is 99.9 Å². The predicted octanol–water partition coefficient (Wildman–Crippen LogP) is 3.58. The molecule has 0 aliphatic heterocycles. The zero-order valence-corrected chi connectivity index (χ0v) is 9.14. The molecule has 1 atom stereocenters. The Hall–Kier alpha value is -2.27. The van der Waals surface area contributed by atoms with Crippen molar-refractivity contribution in [2.24, 2.45) is 0 Å². The first-order valence-electron chi connectivity index (χ1n) is 5.23. The van der Waals surface area contributed by atoms with Crippen LogP contribution < -0.4 is 4.74 Å². The largest absolute Gasteiger partial charge is 0.473 e. The second-order valence-corrected chi connectivity index (χ2v) is 3.53. The van der Waals surface area contributed by atoms with Crippen molar-refractivity contribution in [1.82, 2.24) is 0 Å². The number of ether oxygens (including phenoxy) is 1. The minimum atomic E-state index is -0.457. The third kappa shape index (κ3) is 2.85. The maximum Gasteiger partial charge on any atom is 0.184 e. The van der Waals surface area contributed by atoms with Crippen LogP contribution in [0.3, 0.4) is 0 Å². The molecular formula is C15H11FO. The lowest BCUT2D eigenvalue weighted by atomic mass is 10.1. The van der Waals surface area contributed by atoms with Crippen molar-refractivity contribution < 1.29 is 9.13 Å². The molecule has 17 heavy (non-hydrogen) atoms. The van der Waals surface area contributed by atoms with Gasteiger partial charge in [-0.15, -0.1) is 6.42 Å². The van der Waals surface area contributed by atoms with Crippen molar-refractivity contribution >= 4 is 0 Å². The summed E-state index contributed by atoms with van der Waals surface area (Å²) in [6.07, 6.45) is 4.98. The van der Waals surface area contributed by atoms with Gasteiger partial charge in [0.2, 0.25) is 0 Å². The lowest BCUT2D eigenvalue weighted by molar-refractivity contribution is 0.264. The Morgan fingerprint density at radius 1 is 1.00 bits per heavy atom. The summed E-state index contributed by atoms with van der Waals surface area (Å²) >= 11 is 0. The summed E-state index contributed by atoms with van der Waals surface area (Å²) in [6, 6.07) is 15.3. The van der Waals surface area contributed by atoms with E-state index in [0.717, 1.165) is 5.56 Å². The Bertz CT molecular complexity index is 511. The molecule has 0 aromatic heterocycles. The van der Waals surface area contributed by atoms with Crippen LogP contribution in [-0.2, 0) is 0 Å². The fourth-order valence-corrected chi connectivity index (χ4v) is 1.48. The zero-order chi connectivity index (χ0) is 12.1. The topological polar surface area (TPSA) is 9.23 Å². The van der Waals surface area contributed by atoms with Gasteiger partial charge in [0, 0.05) is 5.56 Å². The van der Waals surface area contributed by atoms with Gasteiger partial charge < -0.3 is 4.74 Å². The molecule has 84 valence electrons. The van der Waals surface area contributed by atoms with Crippen molar-refractivity contribution in [1.29, 1.82) is 0 Å². The van der Waals surface area contributed by atoms with Gasteiger partial charge in [0.05, 0.1) is 0 Å². The van der Waals surface area contributed by atoms with E-state index in [0.29, 0.717) is 5.75 Å². The SMILES string of the molecule is C#C[C@@H](Oc1ccc(F)cc1)c1ccccc1. The van der Waals surface area contributed by atoms with Crippen LogP contribution in [0, 0.1) is 18.2 Å². The van der Waals surface area contributed by atoms with E-state index in [1.165, 1.54) is 12.1 Å². The predicted molar refractivity (Wildman–Crippen MR) is 65.0 cm³/mol. The minimum Gasteiger partial charge on any atom is -0.473 e. The van der Waals surface area contributed by atoms with Crippen LogP contribution in [0.15, 0.2) is 54.6 Å². The molecule has 1 nitrogen and oxygen atoms in total. The van der Waals surface area contributed by atoms with Gasteiger partial charge in [0.15, 0.2) is 6.10 Å². The first-order valence-corrected chi connectivity index (χ1v) is 5.23. The van der Waals surface area contributed by atoms with Gasteiger partial charge in [-0.05, 0) is 24.3 Å². The fourth-order valence-electron chi connectivity index (χ4n) is 1.48. The van der Waals surface area contributed by atoms with Crippen LogP contribution in [0.2, 0.25) is 0 Å². The molecule has 0 aliphatic carbocycles. The third-order valence-corrected chi connectivity index (χ3v) is 2.32. The van der Waals surface area contributed by atoms with Gasteiger partial charge >= 0.3 is 0 Å². The van der Waals surface area contributed by atoms with Crippen LogP contribution in [0.4, 0.5) is 4.39 Å². The van der Waals surface area contributed by atoms with E-state index >= 15 is 0 Å². The molecule has 2 aromatic rings. The van der Waals surface area contributed by atoms with E-state index in [4.69, 9.17) is 11.2 Å². The lowest BCUT2D eigenvalue weighted by Gasteiger charge is -2.13. The quantitative estimate of drug-likeness (QED) is 0.727. The molecule has 2 aromatic carbocycles. The summed E-state index contributed by atoms with van der Waals surface area (Å²) in [5.74, 6) is 2.82. The smallest absolute Gasteiger partial charge is 0.184 e. The van der Waals surface area contributed by atoms with Gasteiger partial charge in [-0.3, -0.25) is 0 Å². The minimum absolute atomic E-state index is 0.297. The van der Waals surface area contributed by atoms with Crippen molar-refractivity contribution in [3.8, 4) is 18.1 Å². The standard InChI is InChI=1S/C15H11FO/c1-2-15(12-6-4-3-5-7-12)17-14-10-8-13(16)9-11-14/h1,3-11,15H/t15-/m1/s1. The molecule has 0 spiro atoms. The average Bonchev–Trinajstić information content (AvgIpc) is 2.39. The van der Waals surface area contributed by atoms with Crippen LogP contribution in [-0.4, -0.2) is 0 Å². The highest BCUT2D eigenvalue weighted by atomic mass is 19.1. The molecule has 0 saturated carbocycles. The monoisotopic (exact) mass is 226 g/mol. The number of benzene rings is 2. The first kappa shape index (κ1) is 11.2. The van der Waals surface area contributed by atoms with Gasteiger partial charge in [-0.1, -0.05) is 36.3 Å². The average molecular weight is 226 g/mol. The highest BCUT2D eigenvalue weighted by molar-refractivity contribution is 5.28. The molecule has 0 bridgehead atoms. The summed E-state index contributed by atoms with van der Waals surface area (Å²) in [6.45, 7) is 0. The normalized spacial score (nSPS) is 11.5. The molecule has 0 heterocycles. The van der Waals surface area contributed by atoms with E-state index in [1.54, 1.807) is 12.1 Å². The first-order chi connectivity index (χ1) is 8.29. The summed E-state index contributed by atoms with van der Waals surface area (Å²) in [5, 5.41) is 0. The molecule has 0 unspecified atom stereocenters. The Kier molecular flexibility index (Phi) is 3.42. The maximum absolute atomic E-state index is 12.7. The Balaban J connectivity index is 2.17. The number of rotatable bonds is 3. The Morgan fingerprint density at radius 3 is 2.24 bits per heavy atom. The van der Waals surface area contributed by atoms with Gasteiger partial charge in [-0.2, -0.15) is 0 Å². The van der Waals surface area contributed by atoms with Crippen molar-refractivity contribution in [2.75, 3.05) is 0 Å². The second kappa shape index (κ2) is 5.18. The van der Waals surface area contributed by atoms with E-state index in [2.05, 4.69) is 5.92 Å². The molecule has 0 N–H and O–H groups in total. The van der Waals surface area contributed by atoms with Crippen molar-refractivity contribution in [3.63, 3.8) is 0 Å². The van der Waals surface area contributed by atoms with Crippen molar-refractivity contribution in [3.05, 3.63) is 66.0 Å². The summed E-state index contributed by atoms with van der Waals surface area (Å²) < 4.78 is 18.3. The van der Waals surface area contributed by atoms with E-state index in [-0.39, 0.29) is 5.82 Å². The molecule has 0 saturated heterocycles. The number of hydrogen-bond donors (Lipinski definition) is 0. The van der Waals surface area contributed by atoms with Gasteiger partial charge in [0.1, 0.15) is 11.6 Å². The fraction of sp³-hybridized carbons (Fsp3) is 0.0667. The van der Waals surface area contributed by atoms with Crippen molar-refractivity contribution in [2.45, 2.75) is 6.10 Å². The molecule has 0 radical (unpaired) electrons. The maximum atomic E-state index is 12.7. The third-order valence-electron chi connectivity index (χ3n) is 2.32. The van der Waals surface area contributed by atoms with Crippen LogP contribution in [0.5, 0.6) is 5.75 Å². The highest BCUT2D eigenvalue weighted by Crippen LogP contribution is 2.21. The molecule has 2 rings (SSSR count). The van der Waals surface area contributed by atoms with Crippen LogP contribution in [0.25, 0.3) is 0 Å². The summed E-state index contributed by atoms with van der Waals surface area (Å²) in [5.41, 5.74) is 0.902. The number of terminal acetylenes is 1. The molecule has 0 fully saturated rings. The zero-order valence-electron chi connectivity index (χ0n) is 9.14. The highest BCUT2D eigenvalue weighted by Gasteiger charge is 2.09.